The van der Waals surface area contributed by atoms with Crippen LogP contribution in [0.3, 0.4) is 0 Å². The second-order valence-electron chi connectivity index (χ2n) is 4.20. The van der Waals surface area contributed by atoms with Gasteiger partial charge in [0.2, 0.25) is 0 Å². The minimum atomic E-state index is 0.669. The number of H-pyrrole nitrogens is 1. The number of nitrogens with zero attached hydrogens (tertiary/aromatic N) is 2. The fraction of sp³-hybridized carbons (Fsp3) is 0.231. The van der Waals surface area contributed by atoms with E-state index >= 15 is 0 Å². The van der Waals surface area contributed by atoms with Gasteiger partial charge in [-0.2, -0.15) is 0 Å². The summed E-state index contributed by atoms with van der Waals surface area (Å²) in [6, 6.07) is 6.17. The van der Waals surface area contributed by atoms with Gasteiger partial charge in [-0.1, -0.05) is 0 Å². The largest absolute Gasteiger partial charge is 0.345 e. The van der Waals surface area contributed by atoms with E-state index in [-0.39, 0.29) is 0 Å². The van der Waals surface area contributed by atoms with Gasteiger partial charge in [0, 0.05) is 10.4 Å². The first-order valence-electron chi connectivity index (χ1n) is 5.88. The fourth-order valence-corrected chi connectivity index (χ4v) is 3.06. The van der Waals surface area contributed by atoms with Crippen molar-refractivity contribution < 1.29 is 0 Å². The average molecular weight is 258 g/mol. The summed E-state index contributed by atoms with van der Waals surface area (Å²) in [4.78, 5) is 13.2. The molecule has 0 aliphatic rings. The van der Waals surface area contributed by atoms with E-state index in [0.717, 1.165) is 33.7 Å². The van der Waals surface area contributed by atoms with Gasteiger partial charge in [0.05, 0.1) is 23.1 Å². The Hall–Kier alpha value is -1.72. The monoisotopic (exact) mass is 258 g/mol. The zero-order chi connectivity index (χ0) is 12.5. The van der Waals surface area contributed by atoms with Crippen molar-refractivity contribution in [3.8, 4) is 10.6 Å². The molecule has 3 aromatic rings. The molecule has 0 saturated carbocycles. The van der Waals surface area contributed by atoms with Crippen LogP contribution in [0.5, 0.6) is 0 Å². The van der Waals surface area contributed by atoms with Gasteiger partial charge in [-0.3, -0.25) is 0 Å². The Balaban J connectivity index is 2.05. The zero-order valence-corrected chi connectivity index (χ0v) is 10.9. The Morgan fingerprint density at radius 2 is 2.28 bits per heavy atom. The predicted octanol–water partition coefficient (Wildman–Crippen LogP) is 2.50. The molecule has 18 heavy (non-hydrogen) atoms. The Labute approximate surface area is 109 Å². The second-order valence-corrected chi connectivity index (χ2v) is 5.28. The van der Waals surface area contributed by atoms with Crippen LogP contribution < -0.4 is 5.73 Å². The van der Waals surface area contributed by atoms with E-state index in [2.05, 4.69) is 27.1 Å². The van der Waals surface area contributed by atoms with Crippen LogP contribution >= 0.6 is 11.3 Å². The van der Waals surface area contributed by atoms with Gasteiger partial charge in [0.1, 0.15) is 5.01 Å². The molecule has 92 valence electrons. The highest BCUT2D eigenvalue weighted by atomic mass is 32.1. The number of benzene rings is 1. The van der Waals surface area contributed by atoms with E-state index in [0.29, 0.717) is 6.54 Å². The molecular formula is C13H14N4S. The summed E-state index contributed by atoms with van der Waals surface area (Å²) in [6.07, 6.45) is 2.61. The van der Waals surface area contributed by atoms with Gasteiger partial charge in [-0.05, 0) is 38.1 Å². The van der Waals surface area contributed by atoms with Crippen molar-refractivity contribution in [1.82, 2.24) is 15.0 Å². The lowest BCUT2D eigenvalue weighted by Gasteiger charge is -1.95. The average Bonchev–Trinajstić information content (AvgIpc) is 2.96. The molecule has 4 nitrogen and oxygen atoms in total. The summed E-state index contributed by atoms with van der Waals surface area (Å²) in [6.45, 7) is 2.71. The number of nitrogens with one attached hydrogen (secondary N) is 1. The molecule has 2 aromatic heterocycles. The maximum absolute atomic E-state index is 5.60. The molecule has 0 bridgehead atoms. The van der Waals surface area contributed by atoms with Crippen molar-refractivity contribution in [2.75, 3.05) is 6.54 Å². The van der Waals surface area contributed by atoms with Gasteiger partial charge >= 0.3 is 0 Å². The highest BCUT2D eigenvalue weighted by Crippen LogP contribution is 2.29. The lowest BCUT2D eigenvalue weighted by Crippen LogP contribution is -2.01. The molecule has 5 heteroatoms. The molecule has 0 aliphatic carbocycles. The van der Waals surface area contributed by atoms with Crippen molar-refractivity contribution in [2.45, 2.75) is 13.3 Å². The maximum Gasteiger partial charge on any atom is 0.123 e. The quantitative estimate of drug-likeness (QED) is 0.758. The molecule has 2 heterocycles. The normalized spacial score (nSPS) is 11.2. The van der Waals surface area contributed by atoms with E-state index in [1.807, 2.05) is 13.0 Å². The molecule has 0 saturated heterocycles. The number of nitrogens with two attached hydrogens (primary N) is 1. The number of rotatable bonds is 3. The molecule has 0 unspecified atom stereocenters. The predicted molar refractivity (Wildman–Crippen MR) is 74.7 cm³/mol. The molecule has 0 atom stereocenters. The number of aryl methyl sites for hydroxylation is 1. The highest BCUT2D eigenvalue weighted by molar-refractivity contribution is 7.15. The van der Waals surface area contributed by atoms with Crippen LogP contribution in [0.25, 0.3) is 21.6 Å². The Bertz CT molecular complexity index is 683. The van der Waals surface area contributed by atoms with Crippen LogP contribution in [0.4, 0.5) is 0 Å². The first-order chi connectivity index (χ1) is 8.78. The van der Waals surface area contributed by atoms with E-state index in [1.54, 1.807) is 17.7 Å². The molecule has 0 fully saturated rings. The van der Waals surface area contributed by atoms with Crippen LogP contribution in [-0.4, -0.2) is 21.5 Å². The van der Waals surface area contributed by atoms with Gasteiger partial charge in [0.15, 0.2) is 0 Å². The number of fused-ring (bicyclic) bond motifs is 1. The molecule has 3 rings (SSSR count). The van der Waals surface area contributed by atoms with Crippen LogP contribution in [0, 0.1) is 6.92 Å². The number of hydrogen-bond donors (Lipinski definition) is 2. The number of aromatic amines is 1. The van der Waals surface area contributed by atoms with E-state index in [1.165, 1.54) is 4.88 Å². The maximum atomic E-state index is 5.60. The molecule has 3 N–H and O–H groups in total. The summed E-state index contributed by atoms with van der Waals surface area (Å²) >= 11 is 1.72. The van der Waals surface area contributed by atoms with E-state index in [4.69, 9.17) is 5.73 Å². The lowest BCUT2D eigenvalue weighted by molar-refractivity contribution is 0.970. The van der Waals surface area contributed by atoms with Gasteiger partial charge < -0.3 is 10.7 Å². The third-order valence-electron chi connectivity index (χ3n) is 2.93. The number of hydrogen-bond acceptors (Lipinski definition) is 4. The van der Waals surface area contributed by atoms with Crippen molar-refractivity contribution >= 4 is 22.4 Å². The molecule has 0 spiro atoms. The molecule has 1 aromatic carbocycles. The minimum Gasteiger partial charge on any atom is -0.345 e. The minimum absolute atomic E-state index is 0.669. The van der Waals surface area contributed by atoms with Crippen molar-refractivity contribution in [3.05, 3.63) is 35.1 Å². The Kier molecular flexibility index (Phi) is 2.85. The number of imidazole rings is 1. The van der Waals surface area contributed by atoms with E-state index in [9.17, 15) is 0 Å². The SMILES string of the molecule is Cc1nc(-c2ccc3nc[nH]c3c2)sc1CCN. The summed E-state index contributed by atoms with van der Waals surface area (Å²) in [5.74, 6) is 0. The van der Waals surface area contributed by atoms with Crippen LogP contribution in [-0.2, 0) is 6.42 Å². The van der Waals surface area contributed by atoms with Crippen LogP contribution in [0.15, 0.2) is 24.5 Å². The third-order valence-corrected chi connectivity index (χ3v) is 4.20. The second kappa shape index (κ2) is 4.51. The smallest absolute Gasteiger partial charge is 0.123 e. The van der Waals surface area contributed by atoms with Crippen molar-refractivity contribution in [1.29, 1.82) is 0 Å². The third kappa shape index (κ3) is 1.91. The fourth-order valence-electron chi connectivity index (χ4n) is 1.98. The standard InChI is InChI=1S/C13H14N4S/c1-8-12(4-5-14)18-13(17-8)9-2-3-10-11(6-9)16-7-15-10/h2-3,6-7H,4-5,14H2,1H3,(H,15,16). The van der Waals surface area contributed by atoms with Crippen LogP contribution in [0.1, 0.15) is 10.6 Å². The molecule has 0 radical (unpaired) electrons. The summed E-state index contributed by atoms with van der Waals surface area (Å²) in [7, 11) is 0. The summed E-state index contributed by atoms with van der Waals surface area (Å²) in [5.41, 5.74) is 9.84. The first kappa shape index (κ1) is 11.4. The van der Waals surface area contributed by atoms with Crippen LogP contribution in [0.2, 0.25) is 0 Å². The Morgan fingerprint density at radius 3 is 3.11 bits per heavy atom. The topological polar surface area (TPSA) is 67.6 Å². The lowest BCUT2D eigenvalue weighted by atomic mass is 10.2. The molecular weight excluding hydrogens is 244 g/mol. The first-order valence-corrected chi connectivity index (χ1v) is 6.69. The van der Waals surface area contributed by atoms with Crippen molar-refractivity contribution in [2.24, 2.45) is 5.73 Å². The van der Waals surface area contributed by atoms with Gasteiger partial charge in [-0.25, -0.2) is 9.97 Å². The summed E-state index contributed by atoms with van der Waals surface area (Å²) < 4.78 is 0. The zero-order valence-electron chi connectivity index (χ0n) is 10.1. The Morgan fingerprint density at radius 1 is 1.39 bits per heavy atom. The van der Waals surface area contributed by atoms with Gasteiger partial charge in [0.25, 0.3) is 0 Å². The van der Waals surface area contributed by atoms with E-state index < -0.39 is 0 Å². The van der Waals surface area contributed by atoms with Crippen molar-refractivity contribution in [3.63, 3.8) is 0 Å². The van der Waals surface area contributed by atoms with Gasteiger partial charge in [-0.15, -0.1) is 11.3 Å². The molecule has 0 amide bonds. The highest BCUT2D eigenvalue weighted by Gasteiger charge is 2.09. The molecule has 0 aliphatic heterocycles. The number of thiazole rings is 1. The summed E-state index contributed by atoms with van der Waals surface area (Å²) in [5, 5.41) is 1.05. The number of aromatic nitrogens is 3.